The van der Waals surface area contributed by atoms with Gasteiger partial charge in [0, 0.05) is 18.0 Å². The van der Waals surface area contributed by atoms with Crippen molar-refractivity contribution in [2.75, 3.05) is 5.43 Å². The van der Waals surface area contributed by atoms with Crippen LogP contribution in [0.3, 0.4) is 0 Å². The number of nitrogens with one attached hydrogen (secondary N) is 1. The zero-order valence-electron chi connectivity index (χ0n) is 9.52. The molecule has 0 unspecified atom stereocenters. The van der Waals surface area contributed by atoms with E-state index in [1.165, 1.54) is 5.56 Å². The molecule has 0 aliphatic rings. The third kappa shape index (κ3) is 1.63. The number of aromatic nitrogens is 4. The van der Waals surface area contributed by atoms with Gasteiger partial charge in [0.2, 0.25) is 5.95 Å². The minimum Gasteiger partial charge on any atom is -0.292 e. The molecular weight excluding hydrogens is 204 g/mol. The minimum atomic E-state index is 0.378. The number of nitrogen functional groups attached to an aromatic ring is 1. The van der Waals surface area contributed by atoms with Crippen LogP contribution >= 0.6 is 0 Å². The van der Waals surface area contributed by atoms with Gasteiger partial charge in [-0.15, -0.1) is 0 Å². The van der Waals surface area contributed by atoms with E-state index in [1.54, 1.807) is 16.9 Å². The lowest BCUT2D eigenvalue weighted by Gasteiger charge is -2.04. The molecule has 0 saturated heterocycles. The first-order valence-corrected chi connectivity index (χ1v) is 4.96. The molecule has 2 rings (SSSR count). The number of aryl methyl sites for hydroxylation is 1. The fourth-order valence-corrected chi connectivity index (χ4v) is 1.48. The van der Waals surface area contributed by atoms with E-state index in [2.05, 4.69) is 20.5 Å². The Bertz CT molecular complexity index is 516. The summed E-state index contributed by atoms with van der Waals surface area (Å²) in [7, 11) is 0. The number of anilines is 1. The summed E-state index contributed by atoms with van der Waals surface area (Å²) in [6.07, 6.45) is 1.64. The SMILES string of the molecule is Cc1nn(-c2ccnc(NN)n2)c(C)c1C. The van der Waals surface area contributed by atoms with Gasteiger partial charge in [-0.1, -0.05) is 0 Å². The van der Waals surface area contributed by atoms with E-state index in [1.807, 2.05) is 20.8 Å². The second kappa shape index (κ2) is 3.90. The van der Waals surface area contributed by atoms with Gasteiger partial charge in [-0.25, -0.2) is 15.5 Å². The molecule has 0 fully saturated rings. The van der Waals surface area contributed by atoms with E-state index >= 15 is 0 Å². The van der Waals surface area contributed by atoms with Crippen LogP contribution in [0.15, 0.2) is 12.3 Å². The van der Waals surface area contributed by atoms with Crippen LogP contribution in [0.5, 0.6) is 0 Å². The molecule has 0 saturated carbocycles. The molecule has 0 amide bonds. The Balaban J connectivity index is 2.54. The molecule has 6 nitrogen and oxygen atoms in total. The number of nitrogens with two attached hydrogens (primary N) is 1. The summed E-state index contributed by atoms with van der Waals surface area (Å²) >= 11 is 0. The van der Waals surface area contributed by atoms with Crippen molar-refractivity contribution < 1.29 is 0 Å². The number of nitrogens with zero attached hydrogens (tertiary/aromatic N) is 4. The molecule has 0 spiro atoms. The Labute approximate surface area is 93.5 Å². The van der Waals surface area contributed by atoms with Gasteiger partial charge >= 0.3 is 0 Å². The van der Waals surface area contributed by atoms with Crippen molar-refractivity contribution in [2.24, 2.45) is 5.84 Å². The van der Waals surface area contributed by atoms with Crippen LogP contribution < -0.4 is 11.3 Å². The predicted molar refractivity (Wildman–Crippen MR) is 61.2 cm³/mol. The summed E-state index contributed by atoms with van der Waals surface area (Å²) in [5.41, 5.74) is 5.65. The summed E-state index contributed by atoms with van der Waals surface area (Å²) in [5, 5.41) is 4.41. The first-order valence-electron chi connectivity index (χ1n) is 4.96. The van der Waals surface area contributed by atoms with Gasteiger partial charge in [-0.2, -0.15) is 10.1 Å². The number of hydrogen-bond donors (Lipinski definition) is 2. The first-order chi connectivity index (χ1) is 7.63. The summed E-state index contributed by atoms with van der Waals surface area (Å²) in [4.78, 5) is 8.18. The monoisotopic (exact) mass is 218 g/mol. The van der Waals surface area contributed by atoms with Crippen molar-refractivity contribution in [3.05, 3.63) is 29.2 Å². The van der Waals surface area contributed by atoms with Gasteiger partial charge in [-0.3, -0.25) is 5.43 Å². The van der Waals surface area contributed by atoms with Crippen molar-refractivity contribution in [2.45, 2.75) is 20.8 Å². The summed E-state index contributed by atoms with van der Waals surface area (Å²) < 4.78 is 1.78. The maximum absolute atomic E-state index is 5.27. The first kappa shape index (κ1) is 10.6. The van der Waals surface area contributed by atoms with Crippen LogP contribution in [0.4, 0.5) is 5.95 Å². The van der Waals surface area contributed by atoms with Crippen LogP contribution in [0, 0.1) is 20.8 Å². The summed E-state index contributed by atoms with van der Waals surface area (Å²) in [6, 6.07) is 1.79. The van der Waals surface area contributed by atoms with Crippen LogP contribution in [0.25, 0.3) is 5.82 Å². The third-order valence-electron chi connectivity index (χ3n) is 2.64. The highest BCUT2D eigenvalue weighted by molar-refractivity contribution is 5.34. The molecule has 2 aromatic heterocycles. The van der Waals surface area contributed by atoms with Gasteiger partial charge in [0.15, 0.2) is 5.82 Å². The van der Waals surface area contributed by atoms with Crippen molar-refractivity contribution in [3.8, 4) is 5.82 Å². The Hall–Kier alpha value is -1.95. The highest BCUT2D eigenvalue weighted by atomic mass is 15.4. The summed E-state index contributed by atoms with van der Waals surface area (Å²) in [5.74, 6) is 6.35. The van der Waals surface area contributed by atoms with Gasteiger partial charge in [0.1, 0.15) is 0 Å². The lowest BCUT2D eigenvalue weighted by Crippen LogP contribution is -2.12. The van der Waals surface area contributed by atoms with Crippen molar-refractivity contribution >= 4 is 5.95 Å². The van der Waals surface area contributed by atoms with Crippen LogP contribution in [-0.2, 0) is 0 Å². The molecule has 6 heteroatoms. The second-order valence-electron chi connectivity index (χ2n) is 3.59. The van der Waals surface area contributed by atoms with E-state index in [0.29, 0.717) is 11.8 Å². The standard InChI is InChI=1S/C10H14N6/c1-6-7(2)15-16(8(6)3)9-4-5-12-10(13-9)14-11/h4-5H,11H2,1-3H3,(H,12,13,14). The molecular formula is C10H14N6. The van der Waals surface area contributed by atoms with E-state index in [-0.39, 0.29) is 0 Å². The van der Waals surface area contributed by atoms with E-state index < -0.39 is 0 Å². The summed E-state index contributed by atoms with van der Waals surface area (Å²) in [6.45, 7) is 6.02. The molecule has 0 bridgehead atoms. The molecule has 2 heterocycles. The zero-order chi connectivity index (χ0) is 11.7. The highest BCUT2D eigenvalue weighted by Gasteiger charge is 2.10. The number of hydrazine groups is 1. The molecule has 84 valence electrons. The van der Waals surface area contributed by atoms with E-state index in [9.17, 15) is 0 Å². The van der Waals surface area contributed by atoms with E-state index in [0.717, 1.165) is 11.4 Å². The maximum Gasteiger partial charge on any atom is 0.239 e. The minimum absolute atomic E-state index is 0.378. The average Bonchev–Trinajstić information content (AvgIpc) is 2.57. The zero-order valence-corrected chi connectivity index (χ0v) is 9.52. The van der Waals surface area contributed by atoms with Crippen LogP contribution in [0.1, 0.15) is 17.0 Å². The quantitative estimate of drug-likeness (QED) is 0.577. The Morgan fingerprint density at radius 1 is 1.31 bits per heavy atom. The highest BCUT2D eigenvalue weighted by Crippen LogP contribution is 2.15. The van der Waals surface area contributed by atoms with Crippen molar-refractivity contribution in [1.82, 2.24) is 19.7 Å². The van der Waals surface area contributed by atoms with Gasteiger partial charge < -0.3 is 0 Å². The molecule has 2 aromatic rings. The van der Waals surface area contributed by atoms with Gasteiger partial charge in [0.25, 0.3) is 0 Å². The molecule has 0 atom stereocenters. The largest absolute Gasteiger partial charge is 0.292 e. The second-order valence-corrected chi connectivity index (χ2v) is 3.59. The maximum atomic E-state index is 5.27. The Morgan fingerprint density at radius 3 is 2.62 bits per heavy atom. The van der Waals surface area contributed by atoms with Gasteiger partial charge in [0.05, 0.1) is 5.69 Å². The van der Waals surface area contributed by atoms with Crippen molar-refractivity contribution in [3.63, 3.8) is 0 Å². The number of rotatable bonds is 2. The third-order valence-corrected chi connectivity index (χ3v) is 2.64. The normalized spacial score (nSPS) is 10.5. The molecule has 0 radical (unpaired) electrons. The average molecular weight is 218 g/mol. The molecule has 0 aromatic carbocycles. The Morgan fingerprint density at radius 2 is 2.06 bits per heavy atom. The predicted octanol–water partition coefficient (Wildman–Crippen LogP) is 0.873. The topological polar surface area (TPSA) is 81.7 Å². The molecule has 0 aliphatic carbocycles. The fourth-order valence-electron chi connectivity index (χ4n) is 1.48. The van der Waals surface area contributed by atoms with Crippen LogP contribution in [-0.4, -0.2) is 19.7 Å². The molecule has 16 heavy (non-hydrogen) atoms. The molecule has 3 N–H and O–H groups in total. The number of hydrogen-bond acceptors (Lipinski definition) is 5. The lowest BCUT2D eigenvalue weighted by atomic mass is 10.2. The lowest BCUT2D eigenvalue weighted by molar-refractivity contribution is 0.801. The van der Waals surface area contributed by atoms with Gasteiger partial charge in [-0.05, 0) is 26.3 Å². The smallest absolute Gasteiger partial charge is 0.239 e. The van der Waals surface area contributed by atoms with Crippen LogP contribution in [0.2, 0.25) is 0 Å². The van der Waals surface area contributed by atoms with E-state index in [4.69, 9.17) is 5.84 Å². The Kier molecular flexibility index (Phi) is 2.57. The molecule has 0 aliphatic heterocycles. The van der Waals surface area contributed by atoms with Crippen molar-refractivity contribution in [1.29, 1.82) is 0 Å². The fraction of sp³-hybridized carbons (Fsp3) is 0.300.